The van der Waals surface area contributed by atoms with Crippen molar-refractivity contribution in [1.82, 2.24) is 15.5 Å². The number of amides is 1. The lowest BCUT2D eigenvalue weighted by Crippen LogP contribution is -2.48. The fraction of sp³-hybridized carbons (Fsp3) is 0.545. The summed E-state index contributed by atoms with van der Waals surface area (Å²) in [6, 6.07) is 12.6. The van der Waals surface area contributed by atoms with E-state index in [1.54, 1.807) is 0 Å². The van der Waals surface area contributed by atoms with E-state index in [0.717, 1.165) is 43.0 Å². The van der Waals surface area contributed by atoms with Gasteiger partial charge < -0.3 is 10.2 Å². The number of H-pyrrole nitrogens is 1. The zero-order valence-corrected chi connectivity index (χ0v) is 16.0. The summed E-state index contributed by atoms with van der Waals surface area (Å²) in [6.07, 6.45) is 9.21. The molecule has 2 aromatic rings. The number of hydrogen-bond donors (Lipinski definition) is 2. The third-order valence-electron chi connectivity index (χ3n) is 5.96. The number of piperidine rings is 1. The van der Waals surface area contributed by atoms with E-state index in [9.17, 15) is 4.79 Å². The Bertz CT molecular complexity index is 736. The van der Waals surface area contributed by atoms with Crippen LogP contribution in [0.15, 0.2) is 36.4 Å². The van der Waals surface area contributed by atoms with E-state index in [1.807, 2.05) is 18.2 Å². The van der Waals surface area contributed by atoms with Crippen molar-refractivity contribution in [1.29, 1.82) is 0 Å². The first-order valence-corrected chi connectivity index (χ1v) is 10.4. The summed E-state index contributed by atoms with van der Waals surface area (Å²) < 4.78 is 0. The van der Waals surface area contributed by atoms with Crippen molar-refractivity contribution in [2.75, 3.05) is 18.0 Å². The molecule has 1 aliphatic carbocycles. The van der Waals surface area contributed by atoms with Crippen LogP contribution in [0.5, 0.6) is 0 Å². The van der Waals surface area contributed by atoms with Crippen LogP contribution in [0.25, 0.3) is 11.3 Å². The second-order valence-electron chi connectivity index (χ2n) is 8.07. The molecule has 2 N–H and O–H groups in total. The molecule has 0 spiro atoms. The van der Waals surface area contributed by atoms with Gasteiger partial charge in [0.25, 0.3) is 0 Å². The smallest absolute Gasteiger partial charge is 0.220 e. The molecule has 5 nitrogen and oxygen atoms in total. The van der Waals surface area contributed by atoms with Gasteiger partial charge in [0.15, 0.2) is 5.82 Å². The van der Waals surface area contributed by atoms with Crippen molar-refractivity contribution in [3.63, 3.8) is 0 Å². The number of anilines is 1. The minimum atomic E-state index is 0.228. The molecule has 1 amide bonds. The first kappa shape index (κ1) is 18.1. The van der Waals surface area contributed by atoms with Crippen molar-refractivity contribution < 1.29 is 4.79 Å². The van der Waals surface area contributed by atoms with Crippen molar-refractivity contribution >= 4 is 11.7 Å². The van der Waals surface area contributed by atoms with E-state index in [1.165, 1.54) is 32.1 Å². The second-order valence-corrected chi connectivity index (χ2v) is 8.07. The summed E-state index contributed by atoms with van der Waals surface area (Å²) in [5.74, 6) is 1.80. The van der Waals surface area contributed by atoms with Crippen molar-refractivity contribution in [3.05, 3.63) is 36.4 Å². The maximum Gasteiger partial charge on any atom is 0.220 e. The molecule has 0 unspecified atom stereocenters. The molecule has 0 radical (unpaired) electrons. The van der Waals surface area contributed by atoms with Gasteiger partial charge in [0.2, 0.25) is 5.91 Å². The summed E-state index contributed by atoms with van der Waals surface area (Å²) in [5.41, 5.74) is 2.18. The lowest BCUT2D eigenvalue weighted by atomic mass is 9.87. The minimum absolute atomic E-state index is 0.228. The molecule has 1 atom stereocenters. The molecule has 1 saturated heterocycles. The van der Waals surface area contributed by atoms with Gasteiger partial charge in [0.05, 0.1) is 5.69 Å². The maximum atomic E-state index is 12.5. The SMILES string of the molecule is O=C(CC1CCCCC1)N[C@@H]1CCCN(c2cc(-c3ccccc3)[nH]n2)C1. The molecule has 1 saturated carbocycles. The summed E-state index contributed by atoms with van der Waals surface area (Å²) in [7, 11) is 0. The normalized spacial score (nSPS) is 21.2. The number of nitrogens with zero attached hydrogens (tertiary/aromatic N) is 2. The number of benzene rings is 1. The standard InChI is InChI=1S/C22H30N4O/c27-22(14-17-8-3-1-4-9-17)23-19-12-7-13-26(16-19)21-15-20(24-25-21)18-10-5-2-6-11-18/h2,5-6,10-11,15,17,19H,1,3-4,7-9,12-14,16H2,(H,23,27)(H,24,25)/t19-/m1/s1. The van der Waals surface area contributed by atoms with Crippen LogP contribution in [0.2, 0.25) is 0 Å². The molecule has 4 rings (SSSR count). The monoisotopic (exact) mass is 366 g/mol. The van der Waals surface area contributed by atoms with Crippen LogP contribution in [0, 0.1) is 5.92 Å². The van der Waals surface area contributed by atoms with Crippen LogP contribution in [-0.4, -0.2) is 35.2 Å². The van der Waals surface area contributed by atoms with Gasteiger partial charge in [0.1, 0.15) is 0 Å². The van der Waals surface area contributed by atoms with Crippen molar-refractivity contribution in [2.45, 2.75) is 57.4 Å². The third kappa shape index (κ3) is 4.71. The molecule has 144 valence electrons. The molecule has 1 aliphatic heterocycles. The van der Waals surface area contributed by atoms with Gasteiger partial charge in [-0.3, -0.25) is 9.89 Å². The van der Waals surface area contributed by atoms with Gasteiger partial charge in [-0.25, -0.2) is 0 Å². The predicted octanol–water partition coefficient (Wildman–Crippen LogP) is 4.13. The largest absolute Gasteiger partial charge is 0.353 e. The van der Waals surface area contributed by atoms with Gasteiger partial charge >= 0.3 is 0 Å². The zero-order chi connectivity index (χ0) is 18.5. The van der Waals surface area contributed by atoms with Crippen molar-refractivity contribution in [3.8, 4) is 11.3 Å². The number of carbonyl (C=O) groups is 1. The summed E-state index contributed by atoms with van der Waals surface area (Å²) in [6.45, 7) is 1.84. The van der Waals surface area contributed by atoms with Crippen LogP contribution in [0.3, 0.4) is 0 Å². The Morgan fingerprint density at radius 2 is 1.93 bits per heavy atom. The van der Waals surface area contributed by atoms with Crippen LogP contribution in [-0.2, 0) is 4.79 Å². The molecule has 2 fully saturated rings. The van der Waals surface area contributed by atoms with Gasteiger partial charge in [-0.2, -0.15) is 5.10 Å². The zero-order valence-electron chi connectivity index (χ0n) is 16.0. The molecule has 0 bridgehead atoms. The Morgan fingerprint density at radius 3 is 2.74 bits per heavy atom. The summed E-state index contributed by atoms with van der Waals surface area (Å²) in [5, 5.41) is 10.9. The van der Waals surface area contributed by atoms with Gasteiger partial charge in [-0.15, -0.1) is 0 Å². The molecule has 2 aliphatic rings. The number of hydrogen-bond acceptors (Lipinski definition) is 3. The topological polar surface area (TPSA) is 61.0 Å². The Kier molecular flexibility index (Phi) is 5.75. The van der Waals surface area contributed by atoms with E-state index in [2.05, 4.69) is 38.6 Å². The molecular weight excluding hydrogens is 336 g/mol. The Hall–Kier alpha value is -2.30. The van der Waals surface area contributed by atoms with Crippen LogP contribution in [0.1, 0.15) is 51.4 Å². The average molecular weight is 367 g/mol. The van der Waals surface area contributed by atoms with E-state index in [0.29, 0.717) is 12.3 Å². The number of rotatable bonds is 5. The fourth-order valence-electron chi connectivity index (χ4n) is 4.48. The van der Waals surface area contributed by atoms with E-state index >= 15 is 0 Å². The minimum Gasteiger partial charge on any atom is -0.353 e. The summed E-state index contributed by atoms with van der Waals surface area (Å²) in [4.78, 5) is 14.8. The molecule has 2 heterocycles. The lowest BCUT2D eigenvalue weighted by molar-refractivity contribution is -0.123. The molecule has 1 aromatic carbocycles. The summed E-state index contributed by atoms with van der Waals surface area (Å²) >= 11 is 0. The molecule has 5 heteroatoms. The van der Waals surface area contributed by atoms with Gasteiger partial charge in [-0.1, -0.05) is 49.6 Å². The predicted molar refractivity (Wildman–Crippen MR) is 109 cm³/mol. The lowest BCUT2D eigenvalue weighted by Gasteiger charge is -2.33. The van der Waals surface area contributed by atoms with Crippen molar-refractivity contribution in [2.24, 2.45) is 5.92 Å². The van der Waals surface area contributed by atoms with Crippen LogP contribution < -0.4 is 10.2 Å². The quantitative estimate of drug-likeness (QED) is 0.836. The highest BCUT2D eigenvalue weighted by molar-refractivity contribution is 5.76. The highest BCUT2D eigenvalue weighted by atomic mass is 16.1. The number of nitrogens with one attached hydrogen (secondary N) is 2. The maximum absolute atomic E-state index is 12.5. The van der Waals surface area contributed by atoms with E-state index in [4.69, 9.17) is 0 Å². The second kappa shape index (κ2) is 8.59. The average Bonchev–Trinajstić information content (AvgIpc) is 3.20. The number of aromatic amines is 1. The number of aromatic nitrogens is 2. The van der Waals surface area contributed by atoms with Crippen LogP contribution in [0.4, 0.5) is 5.82 Å². The van der Waals surface area contributed by atoms with Crippen LogP contribution >= 0.6 is 0 Å². The Morgan fingerprint density at radius 1 is 1.11 bits per heavy atom. The van der Waals surface area contributed by atoms with Gasteiger partial charge in [0, 0.05) is 31.6 Å². The molecule has 1 aromatic heterocycles. The Labute approximate surface area is 161 Å². The highest BCUT2D eigenvalue weighted by Crippen LogP contribution is 2.27. The fourth-order valence-corrected chi connectivity index (χ4v) is 4.48. The first-order chi connectivity index (χ1) is 13.3. The Balaban J connectivity index is 1.33. The van der Waals surface area contributed by atoms with E-state index < -0.39 is 0 Å². The number of carbonyl (C=O) groups excluding carboxylic acids is 1. The van der Waals surface area contributed by atoms with E-state index in [-0.39, 0.29) is 11.9 Å². The first-order valence-electron chi connectivity index (χ1n) is 10.4. The van der Waals surface area contributed by atoms with Gasteiger partial charge in [-0.05, 0) is 37.2 Å². The third-order valence-corrected chi connectivity index (χ3v) is 5.96. The highest BCUT2D eigenvalue weighted by Gasteiger charge is 2.24. The molecular formula is C22H30N4O. The molecule has 27 heavy (non-hydrogen) atoms.